The number of amides is 1. The van der Waals surface area contributed by atoms with Gasteiger partial charge in [-0.15, -0.1) is 11.3 Å². The van der Waals surface area contributed by atoms with Gasteiger partial charge in [-0.25, -0.2) is 13.4 Å². The highest BCUT2D eigenvalue weighted by atomic mass is 79.9. The number of carbonyl (C=O) groups is 1. The maximum atomic E-state index is 12.2. The van der Waals surface area contributed by atoms with Crippen LogP contribution < -0.4 is 5.32 Å². The van der Waals surface area contributed by atoms with Crippen molar-refractivity contribution in [3.8, 4) is 10.6 Å². The molecule has 8 heteroatoms. The van der Waals surface area contributed by atoms with Crippen molar-refractivity contribution in [2.75, 3.05) is 11.6 Å². The van der Waals surface area contributed by atoms with Crippen molar-refractivity contribution in [1.82, 2.24) is 4.98 Å². The molecule has 3 aromatic rings. The fraction of sp³-hybridized carbons (Fsp3) is 0.111. The van der Waals surface area contributed by atoms with Crippen molar-refractivity contribution < 1.29 is 13.2 Å². The Bertz CT molecular complexity index is 1040. The molecule has 0 aliphatic rings. The number of hydrogen-bond acceptors (Lipinski definition) is 5. The van der Waals surface area contributed by atoms with Crippen molar-refractivity contribution in [2.24, 2.45) is 0 Å². The number of anilines is 1. The van der Waals surface area contributed by atoms with Crippen LogP contribution in [-0.4, -0.2) is 25.6 Å². The van der Waals surface area contributed by atoms with Gasteiger partial charge in [0.15, 0.2) is 9.84 Å². The van der Waals surface area contributed by atoms with Crippen molar-refractivity contribution in [3.05, 3.63) is 64.1 Å². The zero-order chi connectivity index (χ0) is 18.7. The van der Waals surface area contributed by atoms with Crippen molar-refractivity contribution in [1.29, 1.82) is 0 Å². The summed E-state index contributed by atoms with van der Waals surface area (Å²) in [4.78, 5) is 16.9. The van der Waals surface area contributed by atoms with E-state index in [9.17, 15) is 13.2 Å². The second kappa shape index (κ2) is 7.69. The molecule has 5 nitrogen and oxygen atoms in total. The minimum Gasteiger partial charge on any atom is -0.326 e. The Morgan fingerprint density at radius 3 is 2.58 bits per heavy atom. The summed E-state index contributed by atoms with van der Waals surface area (Å²) in [6.45, 7) is 0. The van der Waals surface area contributed by atoms with Gasteiger partial charge in [-0.3, -0.25) is 4.79 Å². The molecule has 0 saturated heterocycles. The average molecular weight is 451 g/mol. The normalized spacial score (nSPS) is 11.3. The van der Waals surface area contributed by atoms with E-state index in [0.717, 1.165) is 21.3 Å². The first-order valence-corrected chi connectivity index (χ1v) is 11.2. The van der Waals surface area contributed by atoms with Gasteiger partial charge in [-0.1, -0.05) is 28.1 Å². The van der Waals surface area contributed by atoms with Crippen LogP contribution in [-0.2, 0) is 21.1 Å². The van der Waals surface area contributed by atoms with Gasteiger partial charge in [0.1, 0.15) is 5.01 Å². The molecule has 0 atom stereocenters. The number of nitrogens with zero attached hydrogens (tertiary/aromatic N) is 1. The second-order valence-electron chi connectivity index (χ2n) is 5.68. The zero-order valence-electron chi connectivity index (χ0n) is 13.8. The fourth-order valence-electron chi connectivity index (χ4n) is 2.30. The molecular formula is C18H15BrN2O3S2. The van der Waals surface area contributed by atoms with Gasteiger partial charge in [0.25, 0.3) is 0 Å². The molecule has 134 valence electrons. The van der Waals surface area contributed by atoms with E-state index in [1.54, 1.807) is 12.1 Å². The summed E-state index contributed by atoms with van der Waals surface area (Å²) in [5.74, 6) is -0.205. The van der Waals surface area contributed by atoms with E-state index in [4.69, 9.17) is 0 Å². The first kappa shape index (κ1) is 18.8. The molecule has 0 bridgehead atoms. The molecule has 0 spiro atoms. The van der Waals surface area contributed by atoms with Gasteiger partial charge in [0.2, 0.25) is 5.91 Å². The number of aromatic nitrogens is 1. The van der Waals surface area contributed by atoms with Crippen molar-refractivity contribution in [2.45, 2.75) is 11.3 Å². The van der Waals surface area contributed by atoms with Crippen LogP contribution in [0.4, 0.5) is 5.69 Å². The highest BCUT2D eigenvalue weighted by molar-refractivity contribution is 9.10. The van der Waals surface area contributed by atoms with Crippen LogP contribution in [0.2, 0.25) is 0 Å². The summed E-state index contributed by atoms with van der Waals surface area (Å²) in [5, 5.41) is 5.47. The smallest absolute Gasteiger partial charge is 0.230 e. The lowest BCUT2D eigenvalue weighted by atomic mass is 10.2. The Morgan fingerprint density at radius 2 is 1.92 bits per heavy atom. The SMILES string of the molecule is CS(=O)(=O)c1ccc(NC(=O)Cc2csc(-c3cccc(Br)c3)n2)cc1. The number of rotatable bonds is 5. The largest absolute Gasteiger partial charge is 0.326 e. The van der Waals surface area contributed by atoms with E-state index in [1.165, 1.54) is 23.5 Å². The maximum absolute atomic E-state index is 12.2. The first-order valence-electron chi connectivity index (χ1n) is 7.61. The Kier molecular flexibility index (Phi) is 5.55. The van der Waals surface area contributed by atoms with Crippen LogP contribution in [0.3, 0.4) is 0 Å². The van der Waals surface area contributed by atoms with Crippen molar-refractivity contribution >= 4 is 48.7 Å². The number of thiazole rings is 1. The van der Waals surface area contributed by atoms with E-state index >= 15 is 0 Å². The Balaban J connectivity index is 1.65. The highest BCUT2D eigenvalue weighted by Gasteiger charge is 2.11. The van der Waals surface area contributed by atoms with E-state index in [2.05, 4.69) is 26.2 Å². The lowest BCUT2D eigenvalue weighted by molar-refractivity contribution is -0.115. The number of benzene rings is 2. The Morgan fingerprint density at radius 1 is 1.19 bits per heavy atom. The molecule has 0 unspecified atom stereocenters. The van der Waals surface area contributed by atoms with Gasteiger partial charge in [-0.05, 0) is 36.4 Å². The molecule has 3 rings (SSSR count). The van der Waals surface area contributed by atoms with Crippen LogP contribution in [0.5, 0.6) is 0 Å². The molecule has 2 aromatic carbocycles. The van der Waals surface area contributed by atoms with E-state index in [-0.39, 0.29) is 17.2 Å². The quantitative estimate of drug-likeness (QED) is 0.632. The second-order valence-corrected chi connectivity index (χ2v) is 9.47. The maximum Gasteiger partial charge on any atom is 0.230 e. The molecule has 1 N–H and O–H groups in total. The number of halogens is 1. The standard InChI is InChI=1S/C18H15BrN2O3S2/c1-26(23,24)16-7-5-14(6-8-16)20-17(22)10-15-11-25-18(21-15)12-3-2-4-13(19)9-12/h2-9,11H,10H2,1H3,(H,20,22). The third-order valence-corrected chi connectivity index (χ3v) is 6.09. The van der Waals surface area contributed by atoms with E-state index in [1.807, 2.05) is 29.6 Å². The summed E-state index contributed by atoms with van der Waals surface area (Å²) < 4.78 is 23.9. The molecule has 26 heavy (non-hydrogen) atoms. The third-order valence-electron chi connectivity index (χ3n) is 3.53. The summed E-state index contributed by atoms with van der Waals surface area (Å²) >= 11 is 4.92. The van der Waals surface area contributed by atoms with Gasteiger partial charge < -0.3 is 5.32 Å². The summed E-state index contributed by atoms with van der Waals surface area (Å²) in [6.07, 6.45) is 1.30. The number of sulfone groups is 1. The molecular weight excluding hydrogens is 436 g/mol. The minimum atomic E-state index is -3.25. The van der Waals surface area contributed by atoms with Crippen LogP contribution in [0.1, 0.15) is 5.69 Å². The average Bonchev–Trinajstić information content (AvgIpc) is 3.03. The molecule has 0 saturated carbocycles. The van der Waals surface area contributed by atoms with E-state index < -0.39 is 9.84 Å². The van der Waals surface area contributed by atoms with Gasteiger partial charge >= 0.3 is 0 Å². The van der Waals surface area contributed by atoms with Crippen LogP contribution in [0, 0.1) is 0 Å². The highest BCUT2D eigenvalue weighted by Crippen LogP contribution is 2.26. The van der Waals surface area contributed by atoms with E-state index in [0.29, 0.717) is 11.4 Å². The molecule has 1 heterocycles. The summed E-state index contributed by atoms with van der Waals surface area (Å²) in [5.41, 5.74) is 2.23. The van der Waals surface area contributed by atoms with Crippen LogP contribution in [0.15, 0.2) is 63.3 Å². The van der Waals surface area contributed by atoms with Gasteiger partial charge in [-0.2, -0.15) is 0 Å². The van der Waals surface area contributed by atoms with Crippen molar-refractivity contribution in [3.63, 3.8) is 0 Å². The number of carbonyl (C=O) groups excluding carboxylic acids is 1. The number of hydrogen-bond donors (Lipinski definition) is 1. The molecule has 1 aromatic heterocycles. The molecule has 0 radical (unpaired) electrons. The predicted molar refractivity (Wildman–Crippen MR) is 107 cm³/mol. The first-order chi connectivity index (χ1) is 12.3. The summed E-state index contributed by atoms with van der Waals surface area (Å²) in [6, 6.07) is 13.9. The zero-order valence-corrected chi connectivity index (χ0v) is 17.0. The third kappa shape index (κ3) is 4.78. The Labute approximate surface area is 164 Å². The topological polar surface area (TPSA) is 76.1 Å². The van der Waals surface area contributed by atoms with Gasteiger partial charge in [0, 0.05) is 27.4 Å². The van der Waals surface area contributed by atoms with Gasteiger partial charge in [0.05, 0.1) is 17.0 Å². The Hall–Kier alpha value is -2.03. The molecule has 0 fully saturated rings. The summed E-state index contributed by atoms with van der Waals surface area (Å²) in [7, 11) is -3.25. The van der Waals surface area contributed by atoms with Crippen LogP contribution >= 0.6 is 27.3 Å². The van der Waals surface area contributed by atoms with Crippen LogP contribution in [0.25, 0.3) is 10.6 Å². The fourth-order valence-corrected chi connectivity index (χ4v) is 4.14. The minimum absolute atomic E-state index is 0.151. The lowest BCUT2D eigenvalue weighted by Crippen LogP contribution is -2.14. The molecule has 1 amide bonds. The molecule has 0 aliphatic heterocycles. The number of nitrogens with one attached hydrogen (secondary N) is 1. The monoisotopic (exact) mass is 450 g/mol. The molecule has 0 aliphatic carbocycles. The predicted octanol–water partition coefficient (Wildman–Crippen LogP) is 4.16. The lowest BCUT2D eigenvalue weighted by Gasteiger charge is -2.05.